The van der Waals surface area contributed by atoms with E-state index in [2.05, 4.69) is 5.16 Å². The molecule has 152 valence electrons. The third-order valence-electron chi connectivity index (χ3n) is 3.69. The summed E-state index contributed by atoms with van der Waals surface area (Å²) in [6.45, 7) is -0.375. The number of carbonyl (C=O) groups excluding carboxylic acids is 1. The average Bonchev–Trinajstić information content (AvgIpc) is 3.15. The molecular weight excluding hydrogens is 430 g/mol. The minimum atomic E-state index is -3.93. The van der Waals surface area contributed by atoms with Gasteiger partial charge in [-0.05, 0) is 30.3 Å². The summed E-state index contributed by atoms with van der Waals surface area (Å²) in [5.41, 5.74) is -0.470. The molecule has 0 aliphatic heterocycles. The van der Waals surface area contributed by atoms with Gasteiger partial charge in [-0.2, -0.15) is 0 Å². The van der Waals surface area contributed by atoms with Gasteiger partial charge in [0.2, 0.25) is 10.0 Å². The Kier molecular flexibility index (Phi) is 5.85. The van der Waals surface area contributed by atoms with Crippen molar-refractivity contribution in [3.8, 4) is 17.1 Å². The standard InChI is InChI=1S/C18H13ClF2N2O5S/c1-29(25,26)23-18(24)12-8-14(20)10(6-15(12)21)9-27-16-3-2-11(19)7-13(16)17-4-5-22-28-17/h2-8H,9H2,1H3,(H,23,24). The van der Waals surface area contributed by atoms with Gasteiger partial charge in [-0.1, -0.05) is 16.8 Å². The van der Waals surface area contributed by atoms with Gasteiger partial charge in [0, 0.05) is 16.7 Å². The van der Waals surface area contributed by atoms with Crippen molar-refractivity contribution in [2.75, 3.05) is 6.26 Å². The molecule has 1 N–H and O–H groups in total. The first-order chi connectivity index (χ1) is 13.6. The Morgan fingerprint density at radius 1 is 1.21 bits per heavy atom. The van der Waals surface area contributed by atoms with E-state index in [1.807, 2.05) is 0 Å². The average molecular weight is 443 g/mol. The van der Waals surface area contributed by atoms with Crippen molar-refractivity contribution < 1.29 is 31.3 Å². The smallest absolute Gasteiger partial charge is 0.267 e. The number of benzene rings is 2. The van der Waals surface area contributed by atoms with Gasteiger partial charge in [-0.3, -0.25) is 4.79 Å². The molecule has 0 aliphatic rings. The van der Waals surface area contributed by atoms with Crippen LogP contribution < -0.4 is 9.46 Å². The number of rotatable bonds is 6. The fourth-order valence-corrected chi connectivity index (χ4v) is 3.05. The molecule has 0 radical (unpaired) electrons. The third kappa shape index (κ3) is 5.09. The number of ether oxygens (including phenoxy) is 1. The maximum atomic E-state index is 14.3. The van der Waals surface area contributed by atoms with Crippen LogP contribution in [0, 0.1) is 11.6 Å². The lowest BCUT2D eigenvalue weighted by Gasteiger charge is -2.12. The van der Waals surface area contributed by atoms with E-state index in [1.54, 1.807) is 22.9 Å². The first-order valence-corrected chi connectivity index (χ1v) is 10.2. The Balaban J connectivity index is 1.84. The van der Waals surface area contributed by atoms with Crippen molar-refractivity contribution in [2.24, 2.45) is 0 Å². The predicted octanol–water partition coefficient (Wildman–Crippen LogP) is 3.54. The molecule has 3 aromatic rings. The zero-order valence-electron chi connectivity index (χ0n) is 14.8. The van der Waals surface area contributed by atoms with Crippen molar-refractivity contribution >= 4 is 27.5 Å². The predicted molar refractivity (Wildman–Crippen MR) is 99.9 cm³/mol. The van der Waals surface area contributed by atoms with E-state index in [0.717, 1.165) is 12.3 Å². The van der Waals surface area contributed by atoms with Gasteiger partial charge in [0.1, 0.15) is 24.0 Å². The second-order valence-electron chi connectivity index (χ2n) is 5.93. The van der Waals surface area contributed by atoms with Crippen LogP contribution in [0.15, 0.2) is 47.1 Å². The van der Waals surface area contributed by atoms with Crippen LogP contribution >= 0.6 is 11.6 Å². The number of carbonyl (C=O) groups is 1. The Bertz CT molecular complexity index is 1170. The number of sulfonamides is 1. The summed E-state index contributed by atoms with van der Waals surface area (Å²) in [4.78, 5) is 11.8. The van der Waals surface area contributed by atoms with Crippen molar-refractivity contribution in [3.63, 3.8) is 0 Å². The van der Waals surface area contributed by atoms with Crippen LogP contribution in [0.2, 0.25) is 5.02 Å². The number of hydrogen-bond acceptors (Lipinski definition) is 6. The zero-order valence-corrected chi connectivity index (χ0v) is 16.4. The Morgan fingerprint density at radius 2 is 1.97 bits per heavy atom. The molecular formula is C18H13ClF2N2O5S. The van der Waals surface area contributed by atoms with E-state index < -0.39 is 33.1 Å². The molecule has 0 spiro atoms. The molecule has 0 bridgehead atoms. The molecule has 1 amide bonds. The highest BCUT2D eigenvalue weighted by atomic mass is 35.5. The van der Waals surface area contributed by atoms with Gasteiger partial charge < -0.3 is 9.26 Å². The van der Waals surface area contributed by atoms with E-state index in [0.29, 0.717) is 22.4 Å². The van der Waals surface area contributed by atoms with Crippen LogP contribution in [0.3, 0.4) is 0 Å². The first-order valence-electron chi connectivity index (χ1n) is 7.97. The van der Waals surface area contributed by atoms with E-state index in [-0.39, 0.29) is 17.9 Å². The lowest BCUT2D eigenvalue weighted by Crippen LogP contribution is -2.30. The van der Waals surface area contributed by atoms with Gasteiger partial charge in [0.05, 0.1) is 23.6 Å². The van der Waals surface area contributed by atoms with Crippen LogP contribution in [-0.2, 0) is 16.6 Å². The van der Waals surface area contributed by atoms with E-state index in [1.165, 1.54) is 12.3 Å². The molecule has 11 heteroatoms. The Labute approximate surface area is 169 Å². The Hall–Kier alpha value is -2.98. The molecule has 2 aromatic carbocycles. The van der Waals surface area contributed by atoms with Gasteiger partial charge in [0.15, 0.2) is 5.76 Å². The maximum Gasteiger partial charge on any atom is 0.267 e. The largest absolute Gasteiger partial charge is 0.488 e. The lowest BCUT2D eigenvalue weighted by atomic mass is 10.1. The number of nitrogens with one attached hydrogen (secondary N) is 1. The highest BCUT2D eigenvalue weighted by Crippen LogP contribution is 2.33. The second kappa shape index (κ2) is 8.18. The monoisotopic (exact) mass is 442 g/mol. The van der Waals surface area contributed by atoms with E-state index in [9.17, 15) is 22.0 Å². The molecule has 0 unspecified atom stereocenters. The molecule has 7 nitrogen and oxygen atoms in total. The molecule has 3 rings (SSSR count). The van der Waals surface area contributed by atoms with E-state index in [4.69, 9.17) is 20.9 Å². The summed E-state index contributed by atoms with van der Waals surface area (Å²) in [6.07, 6.45) is 2.15. The van der Waals surface area contributed by atoms with Crippen LogP contribution in [0.5, 0.6) is 5.75 Å². The highest BCUT2D eigenvalue weighted by molar-refractivity contribution is 7.89. The van der Waals surface area contributed by atoms with Crippen LogP contribution in [0.25, 0.3) is 11.3 Å². The molecule has 1 aromatic heterocycles. The Morgan fingerprint density at radius 3 is 2.62 bits per heavy atom. The quantitative estimate of drug-likeness (QED) is 0.627. The molecule has 0 saturated heterocycles. The fraction of sp³-hybridized carbons (Fsp3) is 0.111. The van der Waals surface area contributed by atoms with Gasteiger partial charge >= 0.3 is 0 Å². The van der Waals surface area contributed by atoms with Gasteiger partial charge in [-0.15, -0.1) is 0 Å². The van der Waals surface area contributed by atoms with Crippen molar-refractivity contribution in [1.82, 2.24) is 9.88 Å². The molecule has 29 heavy (non-hydrogen) atoms. The summed E-state index contributed by atoms with van der Waals surface area (Å²) in [5, 5.41) is 4.01. The second-order valence-corrected chi connectivity index (χ2v) is 8.12. The number of nitrogens with zero attached hydrogens (tertiary/aromatic N) is 1. The van der Waals surface area contributed by atoms with Gasteiger partial charge in [0.25, 0.3) is 5.91 Å². The molecule has 0 fully saturated rings. The lowest BCUT2D eigenvalue weighted by molar-refractivity contribution is 0.0977. The minimum Gasteiger partial charge on any atom is -0.488 e. The van der Waals surface area contributed by atoms with Crippen LogP contribution in [0.4, 0.5) is 8.78 Å². The fourth-order valence-electron chi connectivity index (χ4n) is 2.43. The van der Waals surface area contributed by atoms with Crippen molar-refractivity contribution in [3.05, 3.63) is 70.4 Å². The third-order valence-corrected chi connectivity index (χ3v) is 4.48. The maximum absolute atomic E-state index is 14.3. The minimum absolute atomic E-state index is 0.183. The van der Waals surface area contributed by atoms with Crippen molar-refractivity contribution in [1.29, 1.82) is 0 Å². The summed E-state index contributed by atoms with van der Waals surface area (Å²) >= 11 is 5.98. The summed E-state index contributed by atoms with van der Waals surface area (Å²) < 4.78 is 63.0. The number of hydrogen-bond donors (Lipinski definition) is 1. The summed E-state index contributed by atoms with van der Waals surface area (Å²) in [6, 6.07) is 7.58. The number of amides is 1. The normalized spacial score (nSPS) is 11.3. The van der Waals surface area contributed by atoms with Crippen LogP contribution in [0.1, 0.15) is 15.9 Å². The summed E-state index contributed by atoms with van der Waals surface area (Å²) in [5.74, 6) is -2.67. The van der Waals surface area contributed by atoms with Crippen LogP contribution in [-0.4, -0.2) is 25.7 Å². The molecule has 0 saturated carbocycles. The molecule has 0 aliphatic carbocycles. The van der Waals surface area contributed by atoms with E-state index >= 15 is 0 Å². The summed E-state index contributed by atoms with van der Waals surface area (Å²) in [7, 11) is -3.93. The highest BCUT2D eigenvalue weighted by Gasteiger charge is 2.19. The van der Waals surface area contributed by atoms with Crippen molar-refractivity contribution in [2.45, 2.75) is 6.61 Å². The SMILES string of the molecule is CS(=O)(=O)NC(=O)c1cc(F)c(COc2ccc(Cl)cc2-c2ccno2)cc1F. The first kappa shape index (κ1) is 20.7. The zero-order chi connectivity index (χ0) is 21.2. The number of halogens is 3. The van der Waals surface area contributed by atoms with Gasteiger partial charge in [-0.25, -0.2) is 21.9 Å². The molecule has 1 heterocycles. The topological polar surface area (TPSA) is 98.5 Å². The molecule has 0 atom stereocenters. The number of aromatic nitrogens is 1.